The molecule has 2 N–H and O–H groups in total. The van der Waals surface area contributed by atoms with Crippen molar-refractivity contribution < 1.29 is 0 Å². The highest BCUT2D eigenvalue weighted by atomic mass is 15.2. The molecule has 4 heterocycles. The molecule has 0 aromatic carbocycles. The molecule has 4 aromatic rings. The topological polar surface area (TPSA) is 70.9 Å². The van der Waals surface area contributed by atoms with Crippen molar-refractivity contribution in [1.82, 2.24) is 24.6 Å². The summed E-state index contributed by atoms with van der Waals surface area (Å²) in [6.07, 6.45) is 10.2. The zero-order chi connectivity index (χ0) is 16.1. The van der Waals surface area contributed by atoms with Gasteiger partial charge in [0.25, 0.3) is 0 Å². The fraction of sp³-hybridized carbons (Fsp3) is 0.278. The fourth-order valence-corrected chi connectivity index (χ4v) is 3.00. The molecule has 6 nitrogen and oxygen atoms in total. The van der Waals surface area contributed by atoms with E-state index >= 15 is 0 Å². The van der Waals surface area contributed by atoms with Crippen LogP contribution < -0.4 is 5.32 Å². The highest BCUT2D eigenvalue weighted by Gasteiger charge is 2.36. The summed E-state index contributed by atoms with van der Waals surface area (Å²) >= 11 is 0. The van der Waals surface area contributed by atoms with Gasteiger partial charge < -0.3 is 10.3 Å². The van der Waals surface area contributed by atoms with E-state index in [-0.39, 0.29) is 0 Å². The van der Waals surface area contributed by atoms with Crippen molar-refractivity contribution in [3.63, 3.8) is 0 Å². The largest absolute Gasteiger partial charge is 0.354 e. The molecule has 4 aromatic heterocycles. The van der Waals surface area contributed by atoms with Crippen LogP contribution in [0, 0.1) is 5.41 Å². The fourth-order valence-electron chi connectivity index (χ4n) is 3.00. The molecule has 1 aliphatic carbocycles. The summed E-state index contributed by atoms with van der Waals surface area (Å²) in [5.74, 6) is 0.690. The molecule has 0 amide bonds. The third kappa shape index (κ3) is 2.22. The molecule has 0 unspecified atom stereocenters. The Hall–Kier alpha value is -2.89. The van der Waals surface area contributed by atoms with Crippen molar-refractivity contribution in [2.45, 2.75) is 19.8 Å². The minimum absolute atomic E-state index is 0.430. The van der Waals surface area contributed by atoms with E-state index in [1.807, 2.05) is 29.2 Å². The van der Waals surface area contributed by atoms with Crippen LogP contribution in [-0.2, 0) is 0 Å². The Balaban J connectivity index is 1.50. The highest BCUT2D eigenvalue weighted by molar-refractivity contribution is 5.94. The highest BCUT2D eigenvalue weighted by Crippen LogP contribution is 2.44. The van der Waals surface area contributed by atoms with Gasteiger partial charge in [0.1, 0.15) is 5.65 Å². The molecule has 0 aliphatic heterocycles. The summed E-state index contributed by atoms with van der Waals surface area (Å²) in [7, 11) is 0. The molecule has 120 valence electrons. The molecule has 0 radical (unpaired) electrons. The lowest BCUT2D eigenvalue weighted by Gasteiger charge is -2.09. The van der Waals surface area contributed by atoms with Crippen LogP contribution in [0.2, 0.25) is 0 Å². The van der Waals surface area contributed by atoms with Crippen molar-refractivity contribution >= 4 is 22.5 Å². The average molecular weight is 318 g/mol. The van der Waals surface area contributed by atoms with E-state index in [9.17, 15) is 0 Å². The van der Waals surface area contributed by atoms with Gasteiger partial charge in [-0.2, -0.15) is 10.1 Å². The van der Waals surface area contributed by atoms with Gasteiger partial charge >= 0.3 is 0 Å². The van der Waals surface area contributed by atoms with Crippen LogP contribution in [0.25, 0.3) is 27.7 Å². The van der Waals surface area contributed by atoms with Gasteiger partial charge in [0.05, 0.1) is 5.52 Å². The first-order chi connectivity index (χ1) is 11.7. The summed E-state index contributed by atoms with van der Waals surface area (Å²) in [6, 6.07) is 6.17. The van der Waals surface area contributed by atoms with Crippen molar-refractivity contribution in [3.05, 3.63) is 43.0 Å². The van der Waals surface area contributed by atoms with Gasteiger partial charge in [-0.25, -0.2) is 9.50 Å². The maximum absolute atomic E-state index is 4.61. The number of rotatable bonds is 4. The van der Waals surface area contributed by atoms with Crippen LogP contribution in [0.1, 0.15) is 19.8 Å². The lowest BCUT2D eigenvalue weighted by Crippen LogP contribution is -2.13. The van der Waals surface area contributed by atoms with Crippen molar-refractivity contribution in [2.24, 2.45) is 5.41 Å². The van der Waals surface area contributed by atoms with Gasteiger partial charge in [-0.15, -0.1) is 0 Å². The number of hydrogen-bond acceptors (Lipinski definition) is 4. The molecule has 1 aliphatic rings. The third-order valence-electron chi connectivity index (χ3n) is 4.92. The van der Waals surface area contributed by atoms with Crippen LogP contribution in [0.3, 0.4) is 0 Å². The Morgan fingerprint density at radius 2 is 2.25 bits per heavy atom. The number of H-pyrrole nitrogens is 1. The van der Waals surface area contributed by atoms with Gasteiger partial charge in [0.2, 0.25) is 5.95 Å². The molecule has 0 atom stereocenters. The predicted octanol–water partition coefficient (Wildman–Crippen LogP) is 3.48. The first-order valence-corrected chi connectivity index (χ1v) is 8.22. The summed E-state index contributed by atoms with van der Waals surface area (Å²) in [6.45, 7) is 3.22. The van der Waals surface area contributed by atoms with E-state index in [1.165, 1.54) is 12.8 Å². The van der Waals surface area contributed by atoms with Gasteiger partial charge in [-0.05, 0) is 42.0 Å². The zero-order valence-corrected chi connectivity index (χ0v) is 13.5. The number of fused-ring (bicyclic) bond motifs is 2. The Labute approximate surface area is 138 Å². The number of pyridine rings is 1. The number of aromatic nitrogens is 5. The second-order valence-electron chi connectivity index (χ2n) is 6.94. The molecule has 24 heavy (non-hydrogen) atoms. The molecular weight excluding hydrogens is 300 g/mol. The maximum atomic E-state index is 4.61. The normalized spacial score (nSPS) is 15.9. The molecule has 1 saturated carbocycles. The quantitative estimate of drug-likeness (QED) is 0.604. The summed E-state index contributed by atoms with van der Waals surface area (Å²) in [5, 5.41) is 8.62. The number of hydrogen-bond donors (Lipinski definition) is 2. The first kappa shape index (κ1) is 13.5. The lowest BCUT2D eigenvalue weighted by atomic mass is 10.1. The second-order valence-corrected chi connectivity index (χ2v) is 6.94. The summed E-state index contributed by atoms with van der Waals surface area (Å²) < 4.78 is 1.86. The Morgan fingerprint density at radius 1 is 1.33 bits per heavy atom. The predicted molar refractivity (Wildman–Crippen MR) is 93.9 cm³/mol. The van der Waals surface area contributed by atoms with Crippen LogP contribution in [0.5, 0.6) is 0 Å². The van der Waals surface area contributed by atoms with Crippen LogP contribution in [-0.4, -0.2) is 31.1 Å². The standard InChI is InChI=1S/C18H18N6/c1-18(4-5-18)11-21-17-20-10-15-14(9-19-16(15)23-17)12-3-7-24-13(8-12)2-6-22-24/h2-3,6-10H,4-5,11H2,1H3,(H2,19,20,21,23). The van der Waals surface area contributed by atoms with E-state index in [0.717, 1.165) is 34.2 Å². The van der Waals surface area contributed by atoms with Gasteiger partial charge in [0.15, 0.2) is 0 Å². The van der Waals surface area contributed by atoms with Gasteiger partial charge in [-0.3, -0.25) is 0 Å². The van der Waals surface area contributed by atoms with E-state index in [2.05, 4.69) is 44.4 Å². The first-order valence-electron chi connectivity index (χ1n) is 8.22. The smallest absolute Gasteiger partial charge is 0.224 e. The minimum atomic E-state index is 0.430. The minimum Gasteiger partial charge on any atom is -0.354 e. The lowest BCUT2D eigenvalue weighted by molar-refractivity contribution is 0.608. The van der Waals surface area contributed by atoms with Gasteiger partial charge in [-0.1, -0.05) is 6.92 Å². The van der Waals surface area contributed by atoms with Crippen molar-refractivity contribution in [2.75, 3.05) is 11.9 Å². The van der Waals surface area contributed by atoms with Crippen molar-refractivity contribution in [1.29, 1.82) is 0 Å². The number of nitrogens with zero attached hydrogens (tertiary/aromatic N) is 4. The third-order valence-corrected chi connectivity index (χ3v) is 4.92. The van der Waals surface area contributed by atoms with E-state index in [4.69, 9.17) is 0 Å². The maximum Gasteiger partial charge on any atom is 0.224 e. The molecule has 1 fully saturated rings. The molecule has 0 saturated heterocycles. The number of anilines is 1. The molecule has 6 heteroatoms. The monoisotopic (exact) mass is 318 g/mol. The summed E-state index contributed by atoms with van der Waals surface area (Å²) in [4.78, 5) is 12.4. The van der Waals surface area contributed by atoms with E-state index in [0.29, 0.717) is 11.4 Å². The van der Waals surface area contributed by atoms with Crippen LogP contribution in [0.15, 0.2) is 43.0 Å². The van der Waals surface area contributed by atoms with Crippen LogP contribution in [0.4, 0.5) is 5.95 Å². The molecular formula is C18H18N6. The second kappa shape index (κ2) is 4.80. The zero-order valence-electron chi connectivity index (χ0n) is 13.5. The molecule has 0 spiro atoms. The van der Waals surface area contributed by atoms with Crippen molar-refractivity contribution in [3.8, 4) is 11.1 Å². The van der Waals surface area contributed by atoms with E-state index < -0.39 is 0 Å². The molecule has 0 bridgehead atoms. The number of aromatic amines is 1. The summed E-state index contributed by atoms with van der Waals surface area (Å²) in [5.41, 5.74) is 4.59. The SMILES string of the molecule is CC1(CNc2ncc3c(-c4ccn5nccc5c4)c[nH]c3n2)CC1. The number of nitrogens with one attached hydrogen (secondary N) is 2. The Kier molecular flexibility index (Phi) is 2.71. The average Bonchev–Trinajstić information content (AvgIpc) is 3.02. The molecule has 5 rings (SSSR count). The Bertz CT molecular complexity index is 1040. The van der Waals surface area contributed by atoms with Crippen LogP contribution >= 0.6 is 0 Å². The van der Waals surface area contributed by atoms with Gasteiger partial charge in [0, 0.05) is 42.3 Å². The Morgan fingerprint density at radius 3 is 3.12 bits per heavy atom. The van der Waals surface area contributed by atoms with E-state index in [1.54, 1.807) is 6.20 Å².